The number of benzene rings is 1. The first kappa shape index (κ1) is 12.3. The Bertz CT molecular complexity index is 448. The lowest BCUT2D eigenvalue weighted by molar-refractivity contribution is 0.580. The van der Waals surface area contributed by atoms with Gasteiger partial charge in [-0.15, -0.1) is 11.3 Å². The molecule has 0 bridgehead atoms. The van der Waals surface area contributed by atoms with E-state index in [0.29, 0.717) is 6.04 Å². The summed E-state index contributed by atoms with van der Waals surface area (Å²) in [6, 6.07) is 13.4. The number of rotatable bonds is 5. The molecule has 1 atom stereocenters. The minimum atomic E-state index is 0.430. The van der Waals surface area contributed by atoms with E-state index in [-0.39, 0.29) is 0 Å². The van der Waals surface area contributed by atoms with Crippen molar-refractivity contribution in [3.8, 4) is 0 Å². The van der Waals surface area contributed by atoms with Crippen molar-refractivity contribution in [3.05, 3.63) is 57.8 Å². The Kier molecular flexibility index (Phi) is 4.35. The quantitative estimate of drug-likeness (QED) is 0.834. The molecule has 0 aliphatic carbocycles. The van der Waals surface area contributed by atoms with Crippen LogP contribution in [-0.4, -0.2) is 0 Å². The molecular formula is C15H19NS. The Morgan fingerprint density at radius 2 is 1.88 bits per heavy atom. The summed E-state index contributed by atoms with van der Waals surface area (Å²) in [7, 11) is 0. The van der Waals surface area contributed by atoms with E-state index in [0.717, 1.165) is 13.0 Å². The molecule has 1 aromatic heterocycles. The molecule has 0 fully saturated rings. The minimum absolute atomic E-state index is 0.430. The van der Waals surface area contributed by atoms with Crippen LogP contribution in [0.15, 0.2) is 41.8 Å². The van der Waals surface area contributed by atoms with Crippen molar-refractivity contribution in [3.63, 3.8) is 0 Å². The standard InChI is InChI=1S/C15H19NS/c1-3-13-7-4-5-8-14(13)11-16-12(2)15-9-6-10-17-15/h4-10,12,16H,3,11H2,1-2H3. The molecule has 2 aromatic rings. The fraction of sp³-hybridized carbons (Fsp3) is 0.333. The van der Waals surface area contributed by atoms with E-state index in [1.807, 2.05) is 11.3 Å². The summed E-state index contributed by atoms with van der Waals surface area (Å²) in [5.41, 5.74) is 2.86. The van der Waals surface area contributed by atoms with Crippen LogP contribution >= 0.6 is 11.3 Å². The highest BCUT2D eigenvalue weighted by Gasteiger charge is 2.06. The highest BCUT2D eigenvalue weighted by Crippen LogP contribution is 2.19. The van der Waals surface area contributed by atoms with E-state index in [1.165, 1.54) is 16.0 Å². The van der Waals surface area contributed by atoms with E-state index in [2.05, 4.69) is 60.9 Å². The normalized spacial score (nSPS) is 12.6. The maximum Gasteiger partial charge on any atom is 0.0388 e. The van der Waals surface area contributed by atoms with Crippen LogP contribution in [-0.2, 0) is 13.0 Å². The van der Waals surface area contributed by atoms with E-state index in [4.69, 9.17) is 0 Å². The number of hydrogen-bond donors (Lipinski definition) is 1. The van der Waals surface area contributed by atoms with E-state index in [1.54, 1.807) is 0 Å². The third-order valence-corrected chi connectivity index (χ3v) is 4.12. The molecule has 0 spiro atoms. The van der Waals surface area contributed by atoms with Gasteiger partial charge in [-0.3, -0.25) is 0 Å². The summed E-state index contributed by atoms with van der Waals surface area (Å²) in [6.45, 7) is 5.38. The van der Waals surface area contributed by atoms with E-state index >= 15 is 0 Å². The van der Waals surface area contributed by atoms with Crippen LogP contribution in [0.1, 0.15) is 35.9 Å². The van der Waals surface area contributed by atoms with Gasteiger partial charge in [-0.1, -0.05) is 37.3 Å². The van der Waals surface area contributed by atoms with E-state index in [9.17, 15) is 0 Å². The van der Waals surface area contributed by atoms with Crippen LogP contribution in [0.4, 0.5) is 0 Å². The van der Waals surface area contributed by atoms with Gasteiger partial charge < -0.3 is 5.32 Å². The van der Waals surface area contributed by atoms with Crippen LogP contribution in [0.2, 0.25) is 0 Å². The SMILES string of the molecule is CCc1ccccc1CNC(C)c1cccs1. The molecule has 1 unspecified atom stereocenters. The molecule has 0 saturated heterocycles. The van der Waals surface area contributed by atoms with Crippen LogP contribution in [0.25, 0.3) is 0 Å². The molecule has 0 aliphatic rings. The first-order valence-corrected chi connectivity index (χ1v) is 7.02. The Labute approximate surface area is 108 Å². The molecule has 1 heterocycles. The van der Waals surface area contributed by atoms with Gasteiger partial charge in [0.05, 0.1) is 0 Å². The fourth-order valence-electron chi connectivity index (χ4n) is 1.98. The second-order valence-corrected chi connectivity index (χ2v) is 5.22. The largest absolute Gasteiger partial charge is 0.305 e. The number of aryl methyl sites for hydroxylation is 1. The summed E-state index contributed by atoms with van der Waals surface area (Å²) in [4.78, 5) is 1.40. The molecule has 0 radical (unpaired) electrons. The van der Waals surface area contributed by atoms with Crippen molar-refractivity contribution in [2.24, 2.45) is 0 Å². The van der Waals surface area contributed by atoms with Crippen molar-refractivity contribution in [2.45, 2.75) is 32.9 Å². The zero-order valence-electron chi connectivity index (χ0n) is 10.4. The first-order chi connectivity index (χ1) is 8.31. The maximum absolute atomic E-state index is 3.59. The minimum Gasteiger partial charge on any atom is -0.305 e. The van der Waals surface area contributed by atoms with Gasteiger partial charge in [-0.05, 0) is 35.9 Å². The third-order valence-electron chi connectivity index (χ3n) is 3.07. The molecule has 0 aliphatic heterocycles. The van der Waals surface area contributed by atoms with Crippen molar-refractivity contribution in [2.75, 3.05) is 0 Å². The average Bonchev–Trinajstić information content (AvgIpc) is 2.90. The zero-order chi connectivity index (χ0) is 12.1. The Morgan fingerprint density at radius 3 is 2.53 bits per heavy atom. The monoisotopic (exact) mass is 245 g/mol. The average molecular weight is 245 g/mol. The van der Waals surface area contributed by atoms with Gasteiger partial charge in [0.25, 0.3) is 0 Å². The number of hydrogen-bond acceptors (Lipinski definition) is 2. The molecule has 17 heavy (non-hydrogen) atoms. The Hall–Kier alpha value is -1.12. The lowest BCUT2D eigenvalue weighted by atomic mass is 10.1. The van der Waals surface area contributed by atoms with Crippen molar-refractivity contribution in [1.29, 1.82) is 0 Å². The molecule has 2 rings (SSSR count). The van der Waals surface area contributed by atoms with Crippen LogP contribution in [0.5, 0.6) is 0 Å². The highest BCUT2D eigenvalue weighted by molar-refractivity contribution is 7.10. The number of thiophene rings is 1. The summed E-state index contributed by atoms with van der Waals surface area (Å²) in [6.07, 6.45) is 1.10. The van der Waals surface area contributed by atoms with Gasteiger partial charge >= 0.3 is 0 Å². The van der Waals surface area contributed by atoms with Crippen LogP contribution in [0.3, 0.4) is 0 Å². The summed E-state index contributed by atoms with van der Waals surface area (Å²) in [5.74, 6) is 0. The van der Waals surface area contributed by atoms with Crippen LogP contribution < -0.4 is 5.32 Å². The van der Waals surface area contributed by atoms with Gasteiger partial charge in [0.2, 0.25) is 0 Å². The van der Waals surface area contributed by atoms with Gasteiger partial charge in [0.15, 0.2) is 0 Å². The van der Waals surface area contributed by atoms with Crippen molar-refractivity contribution >= 4 is 11.3 Å². The van der Waals surface area contributed by atoms with Gasteiger partial charge in [-0.25, -0.2) is 0 Å². The fourth-order valence-corrected chi connectivity index (χ4v) is 2.74. The Balaban J connectivity index is 1.98. The van der Waals surface area contributed by atoms with Gasteiger partial charge in [0.1, 0.15) is 0 Å². The third kappa shape index (κ3) is 3.18. The summed E-state index contributed by atoms with van der Waals surface area (Å²) < 4.78 is 0. The molecule has 1 N–H and O–H groups in total. The molecule has 2 heteroatoms. The zero-order valence-corrected chi connectivity index (χ0v) is 11.3. The first-order valence-electron chi connectivity index (χ1n) is 6.14. The second kappa shape index (κ2) is 5.99. The topological polar surface area (TPSA) is 12.0 Å². The smallest absolute Gasteiger partial charge is 0.0388 e. The van der Waals surface area contributed by atoms with Gasteiger partial charge in [0, 0.05) is 17.5 Å². The van der Waals surface area contributed by atoms with Crippen LogP contribution in [0, 0.1) is 0 Å². The summed E-state index contributed by atoms with van der Waals surface area (Å²) >= 11 is 1.81. The lowest BCUT2D eigenvalue weighted by Crippen LogP contribution is -2.17. The van der Waals surface area contributed by atoms with Crippen molar-refractivity contribution < 1.29 is 0 Å². The van der Waals surface area contributed by atoms with Gasteiger partial charge in [-0.2, -0.15) is 0 Å². The predicted molar refractivity (Wildman–Crippen MR) is 75.4 cm³/mol. The highest BCUT2D eigenvalue weighted by atomic mass is 32.1. The Morgan fingerprint density at radius 1 is 1.12 bits per heavy atom. The van der Waals surface area contributed by atoms with E-state index < -0.39 is 0 Å². The lowest BCUT2D eigenvalue weighted by Gasteiger charge is -2.14. The maximum atomic E-state index is 3.59. The molecule has 0 amide bonds. The number of nitrogens with one attached hydrogen (secondary N) is 1. The van der Waals surface area contributed by atoms with Crippen molar-refractivity contribution in [1.82, 2.24) is 5.32 Å². The predicted octanol–water partition coefficient (Wildman–Crippen LogP) is 4.16. The molecule has 90 valence electrons. The molecule has 1 nitrogen and oxygen atoms in total. The summed E-state index contributed by atoms with van der Waals surface area (Å²) in [5, 5.41) is 5.72. The molecular weight excluding hydrogens is 226 g/mol. The second-order valence-electron chi connectivity index (χ2n) is 4.24. The molecule has 1 aromatic carbocycles. The molecule has 0 saturated carbocycles.